The second-order valence-corrected chi connectivity index (χ2v) is 4.90. The monoisotopic (exact) mass is 549 g/mol. The van der Waals surface area contributed by atoms with Gasteiger partial charge in [0.15, 0.2) is 0 Å². The van der Waals surface area contributed by atoms with Crippen LogP contribution >= 0.6 is 0 Å². The maximum atomic E-state index is 10.2. The number of aliphatic hydroxyl groups is 2. The van der Waals surface area contributed by atoms with Gasteiger partial charge in [-0.2, -0.15) is 0 Å². The molecule has 0 rings (SSSR count). The largest absolute Gasteiger partial charge is 1.00 e. The van der Waals surface area contributed by atoms with E-state index >= 15 is 0 Å². The minimum absolute atomic E-state index is 0. The van der Waals surface area contributed by atoms with Crippen LogP contribution in [0.3, 0.4) is 0 Å². The van der Waals surface area contributed by atoms with Gasteiger partial charge in [0.25, 0.3) is 0 Å². The number of carbonyl (C=O) groups excluding carboxylic acids is 3. The van der Waals surface area contributed by atoms with Gasteiger partial charge in [0, 0.05) is 12.4 Å². The number of carboxylic acids is 6. The van der Waals surface area contributed by atoms with Crippen molar-refractivity contribution in [2.24, 2.45) is 0 Å². The van der Waals surface area contributed by atoms with E-state index in [1.165, 1.54) is 0 Å². The fourth-order valence-electron chi connectivity index (χ4n) is 1.40. The molecule has 0 radical (unpaired) electrons. The van der Waals surface area contributed by atoms with Crippen molar-refractivity contribution in [3.8, 4) is 0 Å². The molecule has 32 heavy (non-hydrogen) atoms. The first-order chi connectivity index (χ1) is 11.6. The van der Waals surface area contributed by atoms with Crippen LogP contribution in [0.4, 0.5) is 0 Å². The Morgan fingerprint density at radius 1 is 0.531 bits per heavy atom. The predicted octanol–water partition coefficient (Wildman–Crippen LogP) is -15.0. The van der Waals surface area contributed by atoms with Crippen LogP contribution in [0.25, 0.3) is 0 Å². The summed E-state index contributed by atoms with van der Waals surface area (Å²) in [7, 11) is 0. The number of carboxylic acid groups (broad SMARTS) is 6. The van der Waals surface area contributed by atoms with Crippen LogP contribution in [-0.4, -0.2) is 72.6 Å². The van der Waals surface area contributed by atoms with Crippen LogP contribution in [0, 0.1) is 0 Å². The summed E-state index contributed by atoms with van der Waals surface area (Å²) in [6, 6.07) is 0. The molecule has 0 bridgehead atoms. The van der Waals surface area contributed by atoms with E-state index in [-0.39, 0.29) is 173 Å². The molecule has 0 aromatic rings. The van der Waals surface area contributed by atoms with Crippen molar-refractivity contribution in [3.05, 3.63) is 0 Å². The SMILES string of the molecule is N.N.N.O=C(O)CC(O)(CC(=O)O)C(=O)[O-].O=C([O-])CC(O)(CC(=O)O)C(=O)[O-].[K+].[K+].[K+]. The Kier molecular flexibility index (Phi) is 43.6. The molecule has 0 heterocycles. The van der Waals surface area contributed by atoms with Gasteiger partial charge in [-0.15, -0.1) is 0 Å². The average Bonchev–Trinajstić information content (AvgIpc) is 2.34. The molecule has 0 saturated carbocycles. The van der Waals surface area contributed by atoms with Gasteiger partial charge in [0.2, 0.25) is 0 Å². The smallest absolute Gasteiger partial charge is 0.550 e. The van der Waals surface area contributed by atoms with Crippen LogP contribution < -0.4 is 188 Å². The third kappa shape index (κ3) is 26.1. The molecule has 14 N–H and O–H groups in total. The minimum atomic E-state index is -2.91. The predicted molar refractivity (Wildman–Crippen MR) is 81.4 cm³/mol. The van der Waals surface area contributed by atoms with E-state index in [0.717, 1.165) is 0 Å². The van der Waals surface area contributed by atoms with Crippen molar-refractivity contribution in [3.63, 3.8) is 0 Å². The molecule has 172 valence electrons. The van der Waals surface area contributed by atoms with Crippen LogP contribution in [0.1, 0.15) is 25.7 Å². The quantitative estimate of drug-likeness (QED) is 0.117. The average molecular weight is 550 g/mol. The summed E-state index contributed by atoms with van der Waals surface area (Å²) >= 11 is 0. The minimum Gasteiger partial charge on any atom is -0.550 e. The molecule has 0 aliphatic rings. The van der Waals surface area contributed by atoms with Gasteiger partial charge >= 0.3 is 172 Å². The second-order valence-electron chi connectivity index (χ2n) is 4.90. The molecule has 0 aliphatic heterocycles. The fourth-order valence-corrected chi connectivity index (χ4v) is 1.40. The van der Waals surface area contributed by atoms with Gasteiger partial charge in [-0.25, -0.2) is 0 Å². The number of hydrogen-bond donors (Lipinski definition) is 8. The van der Waals surface area contributed by atoms with Gasteiger partial charge < -0.3 is 73.7 Å². The summed E-state index contributed by atoms with van der Waals surface area (Å²) in [5.41, 5.74) is -5.76. The van der Waals surface area contributed by atoms with E-state index in [9.17, 15) is 44.1 Å². The molecular weight excluding hydrogens is 527 g/mol. The first-order valence-corrected chi connectivity index (χ1v) is 6.28. The Morgan fingerprint density at radius 3 is 0.844 bits per heavy atom. The zero-order valence-electron chi connectivity index (χ0n) is 17.9. The molecule has 0 amide bonds. The summed E-state index contributed by atoms with van der Waals surface area (Å²) in [4.78, 5) is 60.5. The van der Waals surface area contributed by atoms with E-state index in [2.05, 4.69) is 0 Å². The van der Waals surface area contributed by atoms with Gasteiger partial charge in [-0.1, -0.05) is 0 Å². The Balaban J connectivity index is -0.0000000505. The Bertz CT molecular complexity index is 535. The van der Waals surface area contributed by atoms with Crippen molar-refractivity contribution < 1.29 is 224 Å². The molecule has 20 heteroatoms. The summed E-state index contributed by atoms with van der Waals surface area (Å²) in [5.74, 6) is -11.0. The summed E-state index contributed by atoms with van der Waals surface area (Å²) in [6.45, 7) is 0. The zero-order chi connectivity index (χ0) is 21.3. The Hall–Kier alpha value is 1.53. The van der Waals surface area contributed by atoms with E-state index < -0.39 is 72.7 Å². The van der Waals surface area contributed by atoms with Crippen molar-refractivity contribution in [1.29, 1.82) is 0 Å². The van der Waals surface area contributed by atoms with Gasteiger partial charge in [0.05, 0.1) is 31.2 Å². The number of aliphatic carboxylic acids is 6. The van der Waals surface area contributed by atoms with Crippen LogP contribution in [0.15, 0.2) is 0 Å². The van der Waals surface area contributed by atoms with Crippen molar-refractivity contribution in [2.75, 3.05) is 0 Å². The molecule has 0 spiro atoms. The van der Waals surface area contributed by atoms with E-state index in [1.807, 2.05) is 0 Å². The maximum absolute atomic E-state index is 10.2. The molecular formula is C12H22K3N3O14. The van der Waals surface area contributed by atoms with E-state index in [4.69, 9.17) is 25.5 Å². The van der Waals surface area contributed by atoms with Crippen molar-refractivity contribution in [1.82, 2.24) is 18.5 Å². The van der Waals surface area contributed by atoms with Crippen LogP contribution in [0.2, 0.25) is 0 Å². The first-order valence-electron chi connectivity index (χ1n) is 6.28. The Morgan fingerprint density at radius 2 is 0.719 bits per heavy atom. The molecule has 1 unspecified atom stereocenters. The fraction of sp³-hybridized carbons (Fsp3) is 0.500. The molecule has 0 fully saturated rings. The number of hydrogen-bond acceptors (Lipinski definition) is 14. The van der Waals surface area contributed by atoms with Gasteiger partial charge in [0.1, 0.15) is 11.2 Å². The van der Waals surface area contributed by atoms with Crippen LogP contribution in [0.5, 0.6) is 0 Å². The topological polar surface area (TPSA) is 378 Å². The van der Waals surface area contributed by atoms with Crippen LogP contribution in [-0.2, 0) is 28.8 Å². The molecule has 17 nitrogen and oxygen atoms in total. The summed E-state index contributed by atoms with van der Waals surface area (Å²) in [5, 5.41) is 72.8. The zero-order valence-corrected chi connectivity index (χ0v) is 27.2. The number of rotatable bonds is 10. The first kappa shape index (κ1) is 54.4. The summed E-state index contributed by atoms with van der Waals surface area (Å²) < 4.78 is 0. The van der Waals surface area contributed by atoms with E-state index in [0.29, 0.717) is 0 Å². The van der Waals surface area contributed by atoms with Gasteiger partial charge in [-0.3, -0.25) is 14.4 Å². The molecule has 0 saturated heterocycles. The maximum Gasteiger partial charge on any atom is 1.00 e. The molecule has 0 aromatic heterocycles. The van der Waals surface area contributed by atoms with Gasteiger partial charge in [-0.05, 0) is 0 Å². The van der Waals surface area contributed by atoms with Crippen molar-refractivity contribution in [2.45, 2.75) is 36.9 Å². The Labute approximate surface area is 308 Å². The molecule has 0 aromatic carbocycles. The normalized spacial score (nSPS) is 10.3. The third-order valence-corrected chi connectivity index (χ3v) is 2.53. The summed E-state index contributed by atoms with van der Waals surface area (Å²) in [6.07, 6.45) is -4.98. The second kappa shape index (κ2) is 25.6. The third-order valence-electron chi connectivity index (χ3n) is 2.53. The molecule has 0 aliphatic carbocycles. The van der Waals surface area contributed by atoms with Crippen molar-refractivity contribution >= 4 is 35.8 Å². The standard InChI is InChI=1S/2C6H8O7.3K.3H3N/c2*7-3(8)1-6(13,5(11)12)2-4(9)10;;;;;;/h2*13H,1-2H2,(H,7,8)(H,9,10)(H,11,12);;;;3*1H3/q;;3*+1;;;/p-3. The molecule has 1 atom stereocenters. The number of carbonyl (C=O) groups is 6. The van der Waals surface area contributed by atoms with E-state index in [1.54, 1.807) is 0 Å².